The minimum absolute atomic E-state index is 0.105. The van der Waals surface area contributed by atoms with Crippen molar-refractivity contribution in [2.75, 3.05) is 16.4 Å². The van der Waals surface area contributed by atoms with Crippen molar-refractivity contribution in [2.45, 2.75) is 30.3 Å². The Morgan fingerprint density at radius 3 is 2.34 bits per heavy atom. The van der Waals surface area contributed by atoms with Crippen LogP contribution in [0.3, 0.4) is 0 Å². The van der Waals surface area contributed by atoms with Crippen LogP contribution in [0.2, 0.25) is 0 Å². The molecule has 11 heteroatoms. The van der Waals surface area contributed by atoms with Crippen LogP contribution in [0, 0.1) is 0 Å². The van der Waals surface area contributed by atoms with Gasteiger partial charge in [0.25, 0.3) is 10.0 Å². The maximum atomic E-state index is 12.8. The summed E-state index contributed by atoms with van der Waals surface area (Å²) in [4.78, 5) is 37.7. The monoisotopic (exact) mass is 477 g/mol. The molecule has 1 saturated heterocycles. The molecule has 3 N–H and O–H groups in total. The number of thioether (sulfide) groups is 1. The molecule has 2 aromatic rings. The number of anilines is 1. The number of sulfonamides is 1. The fraction of sp³-hybridized carbons (Fsp3) is 0.286. The summed E-state index contributed by atoms with van der Waals surface area (Å²) in [6, 6.07) is 12.0. The topological polar surface area (TPSA) is 133 Å². The quantitative estimate of drug-likeness (QED) is 0.521. The van der Waals surface area contributed by atoms with Crippen molar-refractivity contribution in [1.82, 2.24) is 10.2 Å². The molecule has 0 saturated carbocycles. The first kappa shape index (κ1) is 23.8. The predicted molar refractivity (Wildman–Crippen MR) is 121 cm³/mol. The Bertz CT molecular complexity index is 1080. The average Bonchev–Trinajstić information content (AvgIpc) is 3.29. The molecule has 9 nitrogen and oxygen atoms in total. The van der Waals surface area contributed by atoms with Crippen LogP contribution in [0.1, 0.15) is 12.5 Å². The molecule has 0 aromatic heterocycles. The first-order valence-corrected chi connectivity index (χ1v) is 12.4. The van der Waals surface area contributed by atoms with Crippen molar-refractivity contribution in [3.05, 3.63) is 60.2 Å². The molecule has 1 aliphatic rings. The van der Waals surface area contributed by atoms with E-state index in [-0.39, 0.29) is 11.3 Å². The van der Waals surface area contributed by atoms with Gasteiger partial charge in [0, 0.05) is 30.7 Å². The van der Waals surface area contributed by atoms with Gasteiger partial charge in [-0.2, -0.15) is 0 Å². The Morgan fingerprint density at radius 1 is 1.16 bits per heavy atom. The molecule has 2 amide bonds. The summed E-state index contributed by atoms with van der Waals surface area (Å²) >= 11 is 1.49. The standard InChI is InChI=1S/C21H23N3O6S2/c1-14(25)24(20(26)18-12-31-13-22-18)19(21(27)28)11-15-7-9-16(10-8-15)23-32(29,30)17-5-3-2-4-6-17/h2-10,18-19,22-23H,11-13H2,1H3,(H,27,28)/t18-,19-/m0/s1. The van der Waals surface area contributed by atoms with E-state index >= 15 is 0 Å². The molecule has 1 fully saturated rings. The number of aliphatic carboxylic acids is 1. The fourth-order valence-electron chi connectivity index (χ4n) is 3.28. The van der Waals surface area contributed by atoms with E-state index in [9.17, 15) is 27.9 Å². The van der Waals surface area contributed by atoms with E-state index in [0.29, 0.717) is 22.9 Å². The van der Waals surface area contributed by atoms with Crippen molar-refractivity contribution in [2.24, 2.45) is 0 Å². The maximum Gasteiger partial charge on any atom is 0.327 e. The lowest BCUT2D eigenvalue weighted by molar-refractivity contribution is -0.157. The van der Waals surface area contributed by atoms with Crippen molar-refractivity contribution in [1.29, 1.82) is 0 Å². The van der Waals surface area contributed by atoms with Gasteiger partial charge in [0.1, 0.15) is 6.04 Å². The number of nitrogens with zero attached hydrogens (tertiary/aromatic N) is 1. The second-order valence-electron chi connectivity index (χ2n) is 7.17. The largest absolute Gasteiger partial charge is 0.480 e. The lowest BCUT2D eigenvalue weighted by Crippen LogP contribution is -2.54. The molecule has 32 heavy (non-hydrogen) atoms. The second kappa shape index (κ2) is 10.2. The highest BCUT2D eigenvalue weighted by Gasteiger charge is 2.37. The molecule has 2 atom stereocenters. The van der Waals surface area contributed by atoms with E-state index < -0.39 is 39.9 Å². The Hall–Kier alpha value is -2.89. The Labute approximate surface area is 190 Å². The third-order valence-electron chi connectivity index (χ3n) is 4.88. The number of carbonyl (C=O) groups is 3. The van der Waals surface area contributed by atoms with Crippen molar-refractivity contribution < 1.29 is 27.9 Å². The molecule has 170 valence electrons. The number of carbonyl (C=O) groups excluding carboxylic acids is 2. The van der Waals surface area contributed by atoms with Gasteiger partial charge in [-0.3, -0.25) is 24.5 Å². The predicted octanol–water partition coefficient (Wildman–Crippen LogP) is 1.52. The van der Waals surface area contributed by atoms with Crippen LogP contribution in [0.25, 0.3) is 0 Å². The van der Waals surface area contributed by atoms with Crippen molar-refractivity contribution in [3.8, 4) is 0 Å². The summed E-state index contributed by atoms with van der Waals surface area (Å²) in [6.07, 6.45) is -0.105. The molecule has 1 aliphatic heterocycles. The summed E-state index contributed by atoms with van der Waals surface area (Å²) in [6.45, 7) is 1.16. The van der Waals surface area contributed by atoms with E-state index in [1.165, 1.54) is 36.0 Å². The Morgan fingerprint density at radius 2 is 1.81 bits per heavy atom. The average molecular weight is 478 g/mol. The van der Waals surface area contributed by atoms with Crippen molar-refractivity contribution >= 4 is 45.3 Å². The number of imide groups is 1. The zero-order valence-corrected chi connectivity index (χ0v) is 18.9. The first-order chi connectivity index (χ1) is 15.2. The van der Waals surface area contributed by atoms with Gasteiger partial charge in [-0.25, -0.2) is 13.2 Å². The van der Waals surface area contributed by atoms with Crippen LogP contribution in [-0.4, -0.2) is 59.9 Å². The van der Waals surface area contributed by atoms with Crippen molar-refractivity contribution in [3.63, 3.8) is 0 Å². The highest BCUT2D eigenvalue weighted by Crippen LogP contribution is 2.20. The highest BCUT2D eigenvalue weighted by atomic mass is 32.2. The smallest absolute Gasteiger partial charge is 0.327 e. The van der Waals surface area contributed by atoms with Gasteiger partial charge in [0.05, 0.1) is 10.9 Å². The van der Waals surface area contributed by atoms with Crippen LogP contribution in [0.5, 0.6) is 0 Å². The number of hydrogen-bond donors (Lipinski definition) is 3. The van der Waals surface area contributed by atoms with Crippen LogP contribution in [0.4, 0.5) is 5.69 Å². The Kier molecular flexibility index (Phi) is 7.54. The third-order valence-corrected chi connectivity index (χ3v) is 7.21. The number of hydrogen-bond acceptors (Lipinski definition) is 7. The molecule has 1 heterocycles. The maximum absolute atomic E-state index is 12.8. The molecule has 2 aromatic carbocycles. The van der Waals surface area contributed by atoms with Gasteiger partial charge < -0.3 is 5.11 Å². The van der Waals surface area contributed by atoms with E-state index in [4.69, 9.17) is 0 Å². The zero-order valence-electron chi connectivity index (χ0n) is 17.2. The highest BCUT2D eigenvalue weighted by molar-refractivity contribution is 7.99. The van der Waals surface area contributed by atoms with E-state index in [1.54, 1.807) is 30.3 Å². The third kappa shape index (κ3) is 5.67. The molecule has 0 aliphatic carbocycles. The lowest BCUT2D eigenvalue weighted by atomic mass is 10.0. The number of carboxylic acid groups (broad SMARTS) is 1. The summed E-state index contributed by atoms with van der Waals surface area (Å²) < 4.78 is 27.3. The number of rotatable bonds is 8. The molecular weight excluding hydrogens is 454 g/mol. The summed E-state index contributed by atoms with van der Waals surface area (Å²) in [7, 11) is -3.76. The first-order valence-electron chi connectivity index (χ1n) is 9.73. The minimum Gasteiger partial charge on any atom is -0.480 e. The summed E-state index contributed by atoms with van der Waals surface area (Å²) in [5.74, 6) is -1.49. The van der Waals surface area contributed by atoms with E-state index in [2.05, 4.69) is 10.0 Å². The van der Waals surface area contributed by atoms with Gasteiger partial charge in [-0.15, -0.1) is 11.8 Å². The Balaban J connectivity index is 1.76. The van der Waals surface area contributed by atoms with E-state index in [1.807, 2.05) is 0 Å². The van der Waals surface area contributed by atoms with Crippen LogP contribution < -0.4 is 10.0 Å². The summed E-state index contributed by atoms with van der Waals surface area (Å²) in [5, 5.41) is 12.7. The zero-order chi connectivity index (χ0) is 23.3. The number of carboxylic acids is 1. The SMILES string of the molecule is CC(=O)N(C(=O)[C@@H]1CSCN1)[C@@H](Cc1ccc(NS(=O)(=O)c2ccccc2)cc1)C(=O)O. The fourth-order valence-corrected chi connectivity index (χ4v) is 5.30. The van der Waals surface area contributed by atoms with Crippen LogP contribution >= 0.6 is 11.8 Å². The molecule has 0 radical (unpaired) electrons. The second-order valence-corrected chi connectivity index (χ2v) is 9.89. The molecule has 0 unspecified atom stereocenters. The minimum atomic E-state index is -3.76. The molecular formula is C21H23N3O6S2. The molecule has 0 bridgehead atoms. The van der Waals surface area contributed by atoms with E-state index in [0.717, 1.165) is 11.8 Å². The number of benzene rings is 2. The van der Waals surface area contributed by atoms with Gasteiger partial charge >= 0.3 is 5.97 Å². The van der Waals surface area contributed by atoms with Crippen LogP contribution in [-0.2, 0) is 30.8 Å². The lowest BCUT2D eigenvalue weighted by Gasteiger charge is -2.28. The van der Waals surface area contributed by atoms with Gasteiger partial charge in [-0.05, 0) is 29.8 Å². The number of nitrogens with one attached hydrogen (secondary N) is 2. The van der Waals surface area contributed by atoms with Gasteiger partial charge in [-0.1, -0.05) is 30.3 Å². The summed E-state index contributed by atoms with van der Waals surface area (Å²) in [5.41, 5.74) is 0.837. The van der Waals surface area contributed by atoms with Gasteiger partial charge in [0.2, 0.25) is 11.8 Å². The molecule has 0 spiro atoms. The molecule has 3 rings (SSSR count). The normalized spacial score (nSPS) is 16.8. The van der Waals surface area contributed by atoms with Crippen LogP contribution in [0.15, 0.2) is 59.5 Å². The number of amides is 2. The van der Waals surface area contributed by atoms with Gasteiger partial charge in [0.15, 0.2) is 0 Å².